The number of aliphatic hydroxyl groups excluding tert-OH is 1. The number of sulfonamides is 1. The Hall–Kier alpha value is -2.98. The van der Waals surface area contributed by atoms with Crippen LogP contribution in [0, 0.1) is 0 Å². The lowest BCUT2D eigenvalue weighted by atomic mass is 9.99. The van der Waals surface area contributed by atoms with Gasteiger partial charge >= 0.3 is 0 Å². The number of primary amides is 1. The van der Waals surface area contributed by atoms with Crippen molar-refractivity contribution < 1.29 is 27.8 Å². The highest BCUT2D eigenvalue weighted by molar-refractivity contribution is 7.93. The van der Waals surface area contributed by atoms with Crippen molar-refractivity contribution in [3.63, 3.8) is 0 Å². The number of anilines is 1. The average molecular weight is 525 g/mol. The van der Waals surface area contributed by atoms with E-state index in [2.05, 4.69) is 0 Å². The average Bonchev–Trinajstić information content (AvgIpc) is 2.82. The molecule has 0 heterocycles. The monoisotopic (exact) mass is 524 g/mol. The van der Waals surface area contributed by atoms with Crippen molar-refractivity contribution in [1.82, 2.24) is 0 Å². The standard InChI is InChI=1S/C23H22Cl2N2O6S/c1-32-15-8-10-20(33-2)21(12-15)34(30,31)27(13-22(26)28)19-9-7-14(24)11-17(19)23(29)16-5-3-4-6-18(16)25/h3-12,23,29H,13H2,1-2H3,(H2,26,28). The first-order valence-corrected chi connectivity index (χ1v) is 12.0. The van der Waals surface area contributed by atoms with Crippen molar-refractivity contribution >= 4 is 44.8 Å². The Bertz CT molecular complexity index is 1320. The minimum Gasteiger partial charge on any atom is -0.497 e. The van der Waals surface area contributed by atoms with Gasteiger partial charge in [0.05, 0.1) is 19.9 Å². The van der Waals surface area contributed by atoms with Crippen LogP contribution in [0.2, 0.25) is 10.0 Å². The van der Waals surface area contributed by atoms with E-state index in [1.165, 1.54) is 50.6 Å². The molecule has 3 aromatic rings. The Morgan fingerprint density at radius 1 is 1.03 bits per heavy atom. The molecule has 0 aliphatic heterocycles. The molecule has 180 valence electrons. The second kappa shape index (κ2) is 10.5. The molecule has 1 amide bonds. The fourth-order valence-electron chi connectivity index (χ4n) is 3.38. The Labute approximate surface area is 207 Å². The molecule has 0 saturated carbocycles. The summed E-state index contributed by atoms with van der Waals surface area (Å²) in [7, 11) is -1.75. The zero-order valence-corrected chi connectivity index (χ0v) is 20.6. The number of ether oxygens (including phenoxy) is 2. The fraction of sp³-hybridized carbons (Fsp3) is 0.174. The van der Waals surface area contributed by atoms with Gasteiger partial charge in [-0.3, -0.25) is 9.10 Å². The molecular formula is C23H22Cl2N2O6S. The molecule has 0 spiro atoms. The van der Waals surface area contributed by atoms with Gasteiger partial charge in [0.2, 0.25) is 5.91 Å². The van der Waals surface area contributed by atoms with E-state index in [0.29, 0.717) is 5.56 Å². The van der Waals surface area contributed by atoms with Gasteiger partial charge in [0.25, 0.3) is 10.0 Å². The van der Waals surface area contributed by atoms with Gasteiger partial charge in [-0.1, -0.05) is 41.4 Å². The van der Waals surface area contributed by atoms with Crippen molar-refractivity contribution in [2.45, 2.75) is 11.0 Å². The van der Waals surface area contributed by atoms with Crippen molar-refractivity contribution in [3.8, 4) is 11.5 Å². The number of hydrogen-bond donors (Lipinski definition) is 2. The second-order valence-electron chi connectivity index (χ2n) is 7.12. The molecule has 3 aromatic carbocycles. The minimum absolute atomic E-state index is 0.0134. The van der Waals surface area contributed by atoms with Gasteiger partial charge in [-0.05, 0) is 36.4 Å². The molecule has 0 aliphatic carbocycles. The smallest absolute Gasteiger partial charge is 0.268 e. The van der Waals surface area contributed by atoms with Gasteiger partial charge in [-0.2, -0.15) is 0 Å². The van der Waals surface area contributed by atoms with Crippen LogP contribution in [0.25, 0.3) is 0 Å². The first-order valence-electron chi connectivity index (χ1n) is 9.85. The van der Waals surface area contributed by atoms with Crippen molar-refractivity contribution in [2.24, 2.45) is 5.73 Å². The van der Waals surface area contributed by atoms with Crippen LogP contribution >= 0.6 is 23.2 Å². The van der Waals surface area contributed by atoms with Crippen LogP contribution in [0.15, 0.2) is 65.6 Å². The summed E-state index contributed by atoms with van der Waals surface area (Å²) in [5.74, 6) is -0.637. The van der Waals surface area contributed by atoms with E-state index in [-0.39, 0.29) is 37.7 Å². The molecule has 8 nitrogen and oxygen atoms in total. The van der Waals surface area contributed by atoms with E-state index in [4.69, 9.17) is 38.4 Å². The van der Waals surface area contributed by atoms with E-state index in [9.17, 15) is 18.3 Å². The Kier molecular flexibility index (Phi) is 7.93. The number of hydrogen-bond acceptors (Lipinski definition) is 6. The van der Waals surface area contributed by atoms with Crippen molar-refractivity contribution in [1.29, 1.82) is 0 Å². The number of nitrogens with two attached hydrogens (primary N) is 1. The third kappa shape index (κ3) is 5.23. The maximum Gasteiger partial charge on any atom is 0.268 e. The van der Waals surface area contributed by atoms with Gasteiger partial charge in [0.15, 0.2) is 0 Å². The van der Waals surface area contributed by atoms with Crippen LogP contribution < -0.4 is 19.5 Å². The highest BCUT2D eigenvalue weighted by Gasteiger charge is 2.33. The normalized spacial score (nSPS) is 12.1. The molecule has 0 aromatic heterocycles. The van der Waals surface area contributed by atoms with E-state index in [1.54, 1.807) is 24.3 Å². The van der Waals surface area contributed by atoms with Crippen LogP contribution in [0.1, 0.15) is 17.2 Å². The first kappa shape index (κ1) is 25.6. The quantitative estimate of drug-likeness (QED) is 0.439. The SMILES string of the molecule is COc1ccc(OC)c(S(=O)(=O)N(CC(N)=O)c2ccc(Cl)cc2C(O)c2ccccc2Cl)c1. The number of aliphatic hydroxyl groups is 1. The number of benzene rings is 3. The van der Waals surface area contributed by atoms with Gasteiger partial charge in [-0.15, -0.1) is 0 Å². The molecular weight excluding hydrogens is 503 g/mol. The number of amides is 1. The summed E-state index contributed by atoms with van der Waals surface area (Å²) in [6, 6.07) is 15.0. The summed E-state index contributed by atoms with van der Waals surface area (Å²) >= 11 is 12.4. The van der Waals surface area contributed by atoms with E-state index >= 15 is 0 Å². The molecule has 0 bridgehead atoms. The number of carbonyl (C=O) groups is 1. The largest absolute Gasteiger partial charge is 0.497 e. The van der Waals surface area contributed by atoms with Gasteiger partial charge in [-0.25, -0.2) is 8.42 Å². The molecule has 0 aliphatic rings. The zero-order chi connectivity index (χ0) is 25.0. The Morgan fingerprint density at radius 3 is 2.35 bits per heavy atom. The van der Waals surface area contributed by atoms with E-state index < -0.39 is 28.6 Å². The molecule has 0 radical (unpaired) electrons. The number of methoxy groups -OCH3 is 2. The van der Waals surface area contributed by atoms with Gasteiger partial charge < -0.3 is 20.3 Å². The molecule has 1 unspecified atom stereocenters. The lowest BCUT2D eigenvalue weighted by molar-refractivity contribution is -0.116. The van der Waals surface area contributed by atoms with Crippen LogP contribution in [0.3, 0.4) is 0 Å². The van der Waals surface area contributed by atoms with Crippen molar-refractivity contribution in [3.05, 3.63) is 81.8 Å². The maximum absolute atomic E-state index is 13.8. The number of nitrogens with zero attached hydrogens (tertiary/aromatic N) is 1. The van der Waals surface area contributed by atoms with Gasteiger partial charge in [0.1, 0.15) is 29.0 Å². The topological polar surface area (TPSA) is 119 Å². The molecule has 3 N–H and O–H groups in total. The highest BCUT2D eigenvalue weighted by atomic mass is 35.5. The highest BCUT2D eigenvalue weighted by Crippen LogP contribution is 2.39. The summed E-state index contributed by atoms with van der Waals surface area (Å²) in [6.45, 7) is -0.716. The van der Waals surface area contributed by atoms with Crippen LogP contribution in [-0.4, -0.2) is 40.2 Å². The number of rotatable bonds is 9. The maximum atomic E-state index is 13.8. The Balaban J connectivity index is 2.26. The third-order valence-electron chi connectivity index (χ3n) is 4.99. The Morgan fingerprint density at radius 2 is 1.74 bits per heavy atom. The molecule has 34 heavy (non-hydrogen) atoms. The van der Waals surface area contributed by atoms with E-state index in [1.807, 2.05) is 0 Å². The van der Waals surface area contributed by atoms with Crippen molar-refractivity contribution in [2.75, 3.05) is 25.1 Å². The predicted molar refractivity (Wildman–Crippen MR) is 130 cm³/mol. The van der Waals surface area contributed by atoms with Crippen LogP contribution in [0.4, 0.5) is 5.69 Å². The zero-order valence-electron chi connectivity index (χ0n) is 18.2. The first-order chi connectivity index (χ1) is 16.1. The van der Waals surface area contributed by atoms with Crippen LogP contribution in [0.5, 0.6) is 11.5 Å². The summed E-state index contributed by atoms with van der Waals surface area (Å²) in [5.41, 5.74) is 5.83. The summed E-state index contributed by atoms with van der Waals surface area (Å²) < 4.78 is 38.8. The second-order valence-corrected chi connectivity index (χ2v) is 9.80. The molecule has 0 fully saturated rings. The molecule has 0 saturated heterocycles. The molecule has 3 rings (SSSR count). The number of carbonyl (C=O) groups excluding carboxylic acids is 1. The molecule has 11 heteroatoms. The summed E-state index contributed by atoms with van der Waals surface area (Å²) in [4.78, 5) is 11.7. The van der Waals surface area contributed by atoms with E-state index in [0.717, 1.165) is 4.31 Å². The lowest BCUT2D eigenvalue weighted by Crippen LogP contribution is -2.39. The fourth-order valence-corrected chi connectivity index (χ4v) is 5.43. The summed E-state index contributed by atoms with van der Waals surface area (Å²) in [6.07, 6.45) is -1.36. The predicted octanol–water partition coefficient (Wildman–Crippen LogP) is 3.77. The minimum atomic E-state index is -4.45. The molecule has 1 atom stereocenters. The number of halogens is 2. The van der Waals surface area contributed by atoms with Crippen LogP contribution in [-0.2, 0) is 14.8 Å². The van der Waals surface area contributed by atoms with Gasteiger partial charge in [0, 0.05) is 27.2 Å². The lowest BCUT2D eigenvalue weighted by Gasteiger charge is -2.28. The third-order valence-corrected chi connectivity index (χ3v) is 7.35. The summed E-state index contributed by atoms with van der Waals surface area (Å²) in [5, 5.41) is 11.7.